The smallest absolute Gasteiger partial charge is 0.329 e. The number of nitrogens with two attached hydrogens (primary N) is 1. The minimum absolute atomic E-state index is 0.113. The van der Waals surface area contributed by atoms with Crippen molar-refractivity contribution in [2.75, 3.05) is 13.1 Å². The maximum absolute atomic E-state index is 12.9. The molecule has 9 heteroatoms. The van der Waals surface area contributed by atoms with Crippen molar-refractivity contribution in [3.05, 3.63) is 29.3 Å². The van der Waals surface area contributed by atoms with Crippen molar-refractivity contribution in [1.29, 1.82) is 5.26 Å². The molecule has 1 aromatic rings. The van der Waals surface area contributed by atoms with Crippen LogP contribution in [0.4, 0.5) is 13.2 Å². The van der Waals surface area contributed by atoms with E-state index in [1.54, 1.807) is 0 Å². The molecule has 2 rings (SSSR count). The van der Waals surface area contributed by atoms with Crippen molar-refractivity contribution in [2.24, 2.45) is 5.73 Å². The van der Waals surface area contributed by atoms with E-state index in [1.807, 2.05) is 0 Å². The second-order valence-corrected chi connectivity index (χ2v) is 6.86. The third-order valence-electron chi connectivity index (χ3n) is 3.62. The molecule has 0 bridgehead atoms. The summed E-state index contributed by atoms with van der Waals surface area (Å²) in [5.41, 5.74) is 3.66. The second kappa shape index (κ2) is 5.87. The highest BCUT2D eigenvalue weighted by atomic mass is 32.2. The molecule has 0 saturated carbocycles. The van der Waals surface area contributed by atoms with E-state index in [0.29, 0.717) is 18.9 Å². The Morgan fingerprint density at radius 3 is 2.64 bits per heavy atom. The number of hydrogen-bond donors (Lipinski definition) is 1. The van der Waals surface area contributed by atoms with Crippen LogP contribution in [0.15, 0.2) is 23.1 Å². The lowest BCUT2D eigenvalue weighted by molar-refractivity contribution is -0.137. The number of hydrogen-bond acceptors (Lipinski definition) is 4. The third-order valence-corrected chi connectivity index (χ3v) is 5.57. The van der Waals surface area contributed by atoms with Crippen LogP contribution in [0.3, 0.4) is 0 Å². The lowest BCUT2D eigenvalue weighted by Gasteiger charge is -2.23. The van der Waals surface area contributed by atoms with Crippen molar-refractivity contribution < 1.29 is 21.6 Å². The standard InChI is InChI=1S/C13H14F3N3O2S/c14-13(15,16)12-6-11(4-3-9(12)7-17)22(20,21)19-5-1-2-10(19)8-18/h3-4,6,10H,1-2,5,8,18H2/t10-/m0/s1. The second-order valence-electron chi connectivity index (χ2n) is 4.96. The zero-order chi connectivity index (χ0) is 16.5. The molecule has 1 heterocycles. The Hall–Kier alpha value is -1.63. The molecule has 5 nitrogen and oxygen atoms in total. The molecule has 1 aliphatic heterocycles. The number of rotatable bonds is 3. The van der Waals surface area contributed by atoms with E-state index in [-0.39, 0.29) is 13.1 Å². The first-order valence-electron chi connectivity index (χ1n) is 6.55. The summed E-state index contributed by atoms with van der Waals surface area (Å²) in [4.78, 5) is -0.473. The zero-order valence-corrected chi connectivity index (χ0v) is 12.3. The molecule has 1 aliphatic rings. The van der Waals surface area contributed by atoms with Gasteiger partial charge in [-0.25, -0.2) is 8.42 Å². The summed E-state index contributed by atoms with van der Waals surface area (Å²) in [6.07, 6.45) is -3.60. The average Bonchev–Trinajstić information content (AvgIpc) is 2.94. The lowest BCUT2D eigenvalue weighted by Crippen LogP contribution is -2.39. The minimum atomic E-state index is -4.80. The molecule has 2 N–H and O–H groups in total. The van der Waals surface area contributed by atoms with Crippen LogP contribution in [0.5, 0.6) is 0 Å². The van der Waals surface area contributed by atoms with Gasteiger partial charge in [-0.3, -0.25) is 0 Å². The zero-order valence-electron chi connectivity index (χ0n) is 11.5. The highest BCUT2D eigenvalue weighted by Gasteiger charge is 2.38. The van der Waals surface area contributed by atoms with Gasteiger partial charge in [-0.15, -0.1) is 0 Å². The van der Waals surface area contributed by atoms with E-state index < -0.39 is 38.3 Å². The van der Waals surface area contributed by atoms with Crippen molar-refractivity contribution in [2.45, 2.75) is 30.0 Å². The van der Waals surface area contributed by atoms with Crippen molar-refractivity contribution in [3.8, 4) is 6.07 Å². The number of benzene rings is 1. The van der Waals surface area contributed by atoms with Gasteiger partial charge in [0.2, 0.25) is 10.0 Å². The molecule has 1 saturated heterocycles. The maximum atomic E-state index is 12.9. The first kappa shape index (κ1) is 16.7. The quantitative estimate of drug-likeness (QED) is 0.912. The summed E-state index contributed by atoms with van der Waals surface area (Å²) in [5.74, 6) is 0. The van der Waals surface area contributed by atoms with E-state index in [1.165, 1.54) is 6.07 Å². The van der Waals surface area contributed by atoms with Gasteiger partial charge in [0.1, 0.15) is 0 Å². The number of sulfonamides is 1. The number of halogens is 3. The first-order valence-corrected chi connectivity index (χ1v) is 7.99. The van der Waals surface area contributed by atoms with Gasteiger partial charge in [-0.1, -0.05) is 0 Å². The highest BCUT2D eigenvalue weighted by molar-refractivity contribution is 7.89. The molecule has 1 atom stereocenters. The van der Waals surface area contributed by atoms with Crippen LogP contribution in [0.25, 0.3) is 0 Å². The molecular formula is C13H14F3N3O2S. The molecule has 120 valence electrons. The maximum Gasteiger partial charge on any atom is 0.417 e. The van der Waals surface area contributed by atoms with E-state index in [2.05, 4.69) is 0 Å². The number of alkyl halides is 3. The van der Waals surface area contributed by atoms with E-state index in [0.717, 1.165) is 16.4 Å². The predicted molar refractivity (Wildman–Crippen MR) is 72.1 cm³/mol. The van der Waals surface area contributed by atoms with E-state index >= 15 is 0 Å². The molecule has 1 fully saturated rings. The van der Waals surface area contributed by atoms with Gasteiger partial charge in [0.05, 0.1) is 22.1 Å². The fourth-order valence-corrected chi connectivity index (χ4v) is 4.24. The fourth-order valence-electron chi connectivity index (χ4n) is 2.51. The monoisotopic (exact) mass is 333 g/mol. The molecule has 0 amide bonds. The van der Waals surface area contributed by atoms with Crippen LogP contribution in [0, 0.1) is 11.3 Å². The Morgan fingerprint density at radius 1 is 1.41 bits per heavy atom. The summed E-state index contributed by atoms with van der Waals surface area (Å²) in [7, 11) is -4.06. The van der Waals surface area contributed by atoms with Gasteiger partial charge >= 0.3 is 6.18 Å². The Bertz CT molecular complexity index is 710. The molecule has 1 aromatic carbocycles. The van der Waals surface area contributed by atoms with Crippen LogP contribution in [0.2, 0.25) is 0 Å². The normalized spacial score (nSPS) is 20.0. The number of nitriles is 1. The van der Waals surface area contributed by atoms with Crippen LogP contribution in [-0.2, 0) is 16.2 Å². The summed E-state index contributed by atoms with van der Waals surface area (Å²) >= 11 is 0. The Balaban J connectivity index is 2.51. The SMILES string of the molecule is N#Cc1ccc(S(=O)(=O)N2CCC[C@H]2CN)cc1C(F)(F)F. The summed E-state index contributed by atoms with van der Waals surface area (Å²) in [6.45, 7) is 0.340. The van der Waals surface area contributed by atoms with Gasteiger partial charge in [-0.05, 0) is 31.0 Å². The van der Waals surface area contributed by atoms with E-state index in [4.69, 9.17) is 11.0 Å². The summed E-state index contributed by atoms with van der Waals surface area (Å²) < 4.78 is 65.0. The average molecular weight is 333 g/mol. The van der Waals surface area contributed by atoms with Crippen molar-refractivity contribution >= 4 is 10.0 Å². The number of nitrogens with zero attached hydrogens (tertiary/aromatic N) is 2. The Labute approximate surface area is 126 Å². The minimum Gasteiger partial charge on any atom is -0.329 e. The highest BCUT2D eigenvalue weighted by Crippen LogP contribution is 2.34. The molecule has 0 radical (unpaired) electrons. The fraction of sp³-hybridized carbons (Fsp3) is 0.462. The lowest BCUT2D eigenvalue weighted by atomic mass is 10.1. The van der Waals surface area contributed by atoms with Gasteiger partial charge in [0.25, 0.3) is 0 Å². The molecule has 0 aromatic heterocycles. The summed E-state index contributed by atoms with van der Waals surface area (Å²) in [5, 5.41) is 8.74. The van der Waals surface area contributed by atoms with Crippen LogP contribution in [0.1, 0.15) is 24.0 Å². The van der Waals surface area contributed by atoms with Gasteiger partial charge in [0.15, 0.2) is 0 Å². The summed E-state index contributed by atoms with van der Waals surface area (Å²) in [6, 6.07) is 3.43. The Kier molecular flexibility index (Phi) is 4.47. The van der Waals surface area contributed by atoms with Crippen molar-refractivity contribution in [3.63, 3.8) is 0 Å². The third kappa shape index (κ3) is 2.95. The first-order chi connectivity index (χ1) is 10.2. The van der Waals surface area contributed by atoms with Gasteiger partial charge in [-0.2, -0.15) is 22.7 Å². The predicted octanol–water partition coefficient (Wildman–Crippen LogP) is 1.69. The van der Waals surface area contributed by atoms with Crippen LogP contribution < -0.4 is 5.73 Å². The van der Waals surface area contributed by atoms with Gasteiger partial charge < -0.3 is 5.73 Å². The van der Waals surface area contributed by atoms with Crippen molar-refractivity contribution in [1.82, 2.24) is 4.31 Å². The topological polar surface area (TPSA) is 87.2 Å². The van der Waals surface area contributed by atoms with E-state index in [9.17, 15) is 21.6 Å². The molecule has 0 aliphatic carbocycles. The molecule has 0 spiro atoms. The molecule has 0 unspecified atom stereocenters. The molecular weight excluding hydrogens is 319 g/mol. The Morgan fingerprint density at radius 2 is 2.09 bits per heavy atom. The largest absolute Gasteiger partial charge is 0.417 e. The van der Waals surface area contributed by atoms with Crippen LogP contribution >= 0.6 is 0 Å². The van der Waals surface area contributed by atoms with Crippen LogP contribution in [-0.4, -0.2) is 31.9 Å². The molecule has 22 heavy (non-hydrogen) atoms. The van der Waals surface area contributed by atoms with Gasteiger partial charge in [0, 0.05) is 19.1 Å².